The number of hydrogen-bond donors (Lipinski definition) is 6. The standard InChI is InChI=1S/C18H26N2O2.C18H22N2O2.C16H20N2O2.C10H12N2O/c2*1-4-10-20(11-5-2)12-9-15-13-19-16-7-6-8-17(18(15)16)22-14(3)21;1-4-9-18(3)10-8-13-11-17-14-6-5-7-15(16(13)14)20-12(2)19;11-4-3-7-6-12-10-2-1-8(13)5-9(7)10/h6-8,13,19H,4-5,9-12H2,1-3H3;4-8,13,19H,1-2,9-12H2,3H3;4-7,11,17H,1,8-10H2,2-3H3;1-2,5-6,12-13H,3-4,11H2. The molecule has 0 saturated heterocycles. The lowest BCUT2D eigenvalue weighted by molar-refractivity contribution is -0.132. The zero-order valence-corrected chi connectivity index (χ0v) is 46.0. The zero-order valence-electron chi connectivity index (χ0n) is 46.0. The molecular formula is C62H80N8O7. The Morgan fingerprint density at radius 2 is 0.935 bits per heavy atom. The average molecular weight is 1050 g/mol. The number of ether oxygens (including phenoxy) is 3. The Bertz CT molecular complexity index is 3150. The molecule has 77 heavy (non-hydrogen) atoms. The molecule has 0 aliphatic carbocycles. The number of aromatic nitrogens is 4. The van der Waals surface area contributed by atoms with Crippen molar-refractivity contribution >= 4 is 61.5 Å². The molecule has 0 aliphatic rings. The number of phenolic OH excluding ortho intramolecular Hbond substituents is 1. The number of aromatic amines is 4. The number of nitrogens with zero attached hydrogens (tertiary/aromatic N) is 3. The van der Waals surface area contributed by atoms with Crippen molar-refractivity contribution in [2.24, 2.45) is 5.73 Å². The number of hydrogen-bond acceptors (Lipinski definition) is 11. The topological polar surface area (TPSA) is 198 Å². The molecule has 0 saturated carbocycles. The highest BCUT2D eigenvalue weighted by atomic mass is 16.5. The molecule has 0 amide bonds. The summed E-state index contributed by atoms with van der Waals surface area (Å²) >= 11 is 0. The Balaban J connectivity index is 0.000000192. The Kier molecular flexibility index (Phi) is 24.5. The van der Waals surface area contributed by atoms with Crippen LogP contribution in [0.2, 0.25) is 0 Å². The van der Waals surface area contributed by atoms with E-state index in [9.17, 15) is 19.5 Å². The number of carbonyl (C=O) groups excluding carboxylic acids is 3. The first-order valence-corrected chi connectivity index (χ1v) is 26.5. The third-order valence-electron chi connectivity index (χ3n) is 12.6. The number of H-pyrrole nitrogens is 4. The fraction of sp³-hybridized carbons (Fsp3) is 0.339. The summed E-state index contributed by atoms with van der Waals surface area (Å²) in [5.41, 5.74) is 14.2. The van der Waals surface area contributed by atoms with Crippen LogP contribution < -0.4 is 19.9 Å². The number of esters is 3. The third kappa shape index (κ3) is 18.2. The highest BCUT2D eigenvalue weighted by molar-refractivity contribution is 5.93. The van der Waals surface area contributed by atoms with Crippen molar-refractivity contribution in [3.63, 3.8) is 0 Å². The summed E-state index contributed by atoms with van der Waals surface area (Å²) in [4.78, 5) is 53.6. The van der Waals surface area contributed by atoms with Gasteiger partial charge in [0.15, 0.2) is 0 Å². The number of nitrogens with two attached hydrogens (primary N) is 1. The fourth-order valence-electron chi connectivity index (χ4n) is 9.27. The lowest BCUT2D eigenvalue weighted by Crippen LogP contribution is -2.27. The monoisotopic (exact) mass is 1050 g/mol. The van der Waals surface area contributed by atoms with Crippen LogP contribution in [-0.2, 0) is 40.1 Å². The van der Waals surface area contributed by atoms with Crippen LogP contribution in [0.3, 0.4) is 0 Å². The maximum Gasteiger partial charge on any atom is 0.308 e. The fourth-order valence-corrected chi connectivity index (χ4v) is 9.27. The summed E-state index contributed by atoms with van der Waals surface area (Å²) < 4.78 is 16.0. The summed E-state index contributed by atoms with van der Waals surface area (Å²) in [6.45, 7) is 28.3. The largest absolute Gasteiger partial charge is 0.508 e. The van der Waals surface area contributed by atoms with Gasteiger partial charge in [0.2, 0.25) is 0 Å². The zero-order chi connectivity index (χ0) is 55.7. The quantitative estimate of drug-likeness (QED) is 0.0191. The number of carbonyl (C=O) groups is 3. The van der Waals surface area contributed by atoms with Crippen molar-refractivity contribution in [2.45, 2.75) is 73.1 Å². The van der Waals surface area contributed by atoms with Crippen LogP contribution in [-0.4, -0.2) is 124 Å². The molecule has 0 radical (unpaired) electrons. The minimum Gasteiger partial charge on any atom is -0.508 e. The van der Waals surface area contributed by atoms with E-state index in [2.05, 4.69) is 75.3 Å². The molecule has 15 heteroatoms. The van der Waals surface area contributed by atoms with Crippen LogP contribution in [0.1, 0.15) is 69.7 Å². The van der Waals surface area contributed by atoms with Gasteiger partial charge >= 0.3 is 17.9 Å². The Morgan fingerprint density at radius 3 is 1.34 bits per heavy atom. The van der Waals surface area contributed by atoms with E-state index < -0.39 is 0 Å². The number of nitrogens with one attached hydrogen (secondary N) is 4. The minimum atomic E-state index is -0.306. The smallest absolute Gasteiger partial charge is 0.308 e. The van der Waals surface area contributed by atoms with Crippen molar-refractivity contribution < 1.29 is 33.7 Å². The lowest BCUT2D eigenvalue weighted by Gasteiger charge is -2.20. The molecule has 0 fully saturated rings. The highest BCUT2D eigenvalue weighted by Gasteiger charge is 2.15. The summed E-state index contributed by atoms with van der Waals surface area (Å²) in [5, 5.41) is 13.4. The van der Waals surface area contributed by atoms with Gasteiger partial charge in [-0.1, -0.05) is 50.3 Å². The number of likely N-dealkylation sites (N-methyl/N-ethyl adjacent to an activating group) is 1. The summed E-state index contributed by atoms with van der Waals surface area (Å²) in [6, 6.07) is 22.5. The van der Waals surface area contributed by atoms with E-state index >= 15 is 0 Å². The molecule has 0 bridgehead atoms. The van der Waals surface area contributed by atoms with E-state index in [-0.39, 0.29) is 17.9 Å². The Morgan fingerprint density at radius 1 is 0.532 bits per heavy atom. The minimum absolute atomic E-state index is 0.279. The molecule has 15 nitrogen and oxygen atoms in total. The van der Waals surface area contributed by atoms with E-state index in [0.29, 0.717) is 29.5 Å². The van der Waals surface area contributed by atoms with Crippen LogP contribution in [0.4, 0.5) is 0 Å². The van der Waals surface area contributed by atoms with Gasteiger partial charge in [0.1, 0.15) is 23.0 Å². The molecular weight excluding hydrogens is 969 g/mol. The lowest BCUT2D eigenvalue weighted by atomic mass is 10.1. The second-order valence-corrected chi connectivity index (χ2v) is 18.8. The highest BCUT2D eigenvalue weighted by Crippen LogP contribution is 2.32. The molecule has 7 N–H and O–H groups in total. The van der Waals surface area contributed by atoms with Gasteiger partial charge in [-0.2, -0.15) is 0 Å². The van der Waals surface area contributed by atoms with Crippen molar-refractivity contribution in [3.8, 4) is 23.0 Å². The summed E-state index contributed by atoms with van der Waals surface area (Å²) in [7, 11) is 2.06. The Labute approximate surface area is 453 Å². The predicted molar refractivity (Wildman–Crippen MR) is 314 cm³/mol. The number of aromatic hydroxyl groups is 1. The molecule has 4 aromatic heterocycles. The molecule has 8 rings (SSSR count). The molecule has 0 atom stereocenters. The predicted octanol–water partition coefficient (Wildman–Crippen LogP) is 11.2. The van der Waals surface area contributed by atoms with E-state index in [0.717, 1.165) is 138 Å². The SMILES string of the molecule is C=CCN(C)CCc1c[nH]c2cccc(OC(C)=O)c12.C=CCN(CC=C)CCc1c[nH]c2cccc(OC(C)=O)c12.CCCN(CCC)CCc1c[nH]c2cccc(OC(C)=O)c12.NCCc1c[nH]c2ccc(O)cc12. The normalized spacial score (nSPS) is 11.0. The van der Waals surface area contributed by atoms with Gasteiger partial charge in [0, 0.05) is 128 Å². The summed E-state index contributed by atoms with van der Waals surface area (Å²) in [6.07, 6.45) is 19.5. The van der Waals surface area contributed by atoms with Crippen LogP contribution in [0.15, 0.2) is 136 Å². The second-order valence-electron chi connectivity index (χ2n) is 18.8. The molecule has 0 aliphatic heterocycles. The van der Waals surface area contributed by atoms with Crippen LogP contribution in [0, 0.1) is 0 Å². The number of phenols is 1. The average Bonchev–Trinajstić information content (AvgIpc) is 4.22. The van der Waals surface area contributed by atoms with Gasteiger partial charge in [-0.05, 0) is 142 Å². The van der Waals surface area contributed by atoms with Crippen LogP contribution in [0.25, 0.3) is 43.6 Å². The number of benzene rings is 4. The summed E-state index contributed by atoms with van der Waals surface area (Å²) in [5.74, 6) is 1.30. The van der Waals surface area contributed by atoms with E-state index in [1.54, 1.807) is 12.1 Å². The number of fused-ring (bicyclic) bond motifs is 4. The van der Waals surface area contributed by atoms with Crippen LogP contribution in [0.5, 0.6) is 23.0 Å². The second kappa shape index (κ2) is 31.4. The molecule has 0 unspecified atom stereocenters. The van der Waals surface area contributed by atoms with Crippen molar-refractivity contribution in [1.82, 2.24) is 34.6 Å². The maximum atomic E-state index is 11.3. The van der Waals surface area contributed by atoms with Gasteiger partial charge in [-0.15, -0.1) is 19.7 Å². The van der Waals surface area contributed by atoms with Gasteiger partial charge in [-0.25, -0.2) is 0 Å². The van der Waals surface area contributed by atoms with Gasteiger partial charge in [-0.3, -0.25) is 19.3 Å². The Hall–Kier alpha value is -7.69. The van der Waals surface area contributed by atoms with Crippen molar-refractivity contribution in [1.29, 1.82) is 0 Å². The van der Waals surface area contributed by atoms with Gasteiger partial charge in [0.05, 0.1) is 0 Å². The first-order valence-electron chi connectivity index (χ1n) is 26.5. The van der Waals surface area contributed by atoms with E-state index in [1.807, 2.05) is 104 Å². The van der Waals surface area contributed by atoms with E-state index in [1.165, 1.54) is 39.2 Å². The van der Waals surface area contributed by atoms with Crippen LogP contribution >= 0.6 is 0 Å². The third-order valence-corrected chi connectivity index (χ3v) is 12.6. The van der Waals surface area contributed by atoms with Gasteiger partial charge in [0.25, 0.3) is 0 Å². The molecule has 8 aromatic rings. The number of rotatable bonds is 24. The first-order chi connectivity index (χ1) is 37.2. The maximum absolute atomic E-state index is 11.3. The molecule has 410 valence electrons. The first kappa shape index (κ1) is 60.2. The molecule has 0 spiro atoms. The molecule has 4 aromatic carbocycles. The van der Waals surface area contributed by atoms with Crippen molar-refractivity contribution in [2.75, 3.05) is 66.0 Å². The van der Waals surface area contributed by atoms with Gasteiger partial charge < -0.3 is 54.8 Å². The van der Waals surface area contributed by atoms with E-state index in [4.69, 9.17) is 19.9 Å². The molecule has 4 heterocycles. The van der Waals surface area contributed by atoms with Crippen molar-refractivity contribution in [3.05, 3.63) is 158 Å².